The molecular weight excluding hydrogens is 320 g/mol. The summed E-state index contributed by atoms with van der Waals surface area (Å²) in [5.74, 6) is -0.224. The molecule has 3 rings (SSSR count). The standard InChI is InChI=1S/C18H20N4O3/c1-3-21-16-14(17(24)22(4-2)18(21)25)10-11-20(16)12-15(23)19-13-8-6-5-7-9-13/h5-11H,3-4,12H2,1-2H3,(H,19,23). The normalized spacial score (nSPS) is 11.0. The van der Waals surface area contributed by atoms with Crippen molar-refractivity contribution in [1.82, 2.24) is 13.7 Å². The van der Waals surface area contributed by atoms with E-state index in [0.717, 1.165) is 0 Å². The van der Waals surface area contributed by atoms with Crippen molar-refractivity contribution in [3.05, 3.63) is 63.4 Å². The highest BCUT2D eigenvalue weighted by molar-refractivity contribution is 5.91. The summed E-state index contributed by atoms with van der Waals surface area (Å²) in [6.07, 6.45) is 1.67. The molecule has 7 nitrogen and oxygen atoms in total. The third kappa shape index (κ3) is 3.00. The Hall–Kier alpha value is -3.09. The summed E-state index contributed by atoms with van der Waals surface area (Å²) in [5, 5.41) is 3.24. The fourth-order valence-electron chi connectivity index (χ4n) is 2.97. The van der Waals surface area contributed by atoms with E-state index in [2.05, 4.69) is 5.32 Å². The summed E-state index contributed by atoms with van der Waals surface area (Å²) in [7, 11) is 0. The van der Waals surface area contributed by atoms with Crippen LogP contribution in [0.4, 0.5) is 5.69 Å². The van der Waals surface area contributed by atoms with E-state index in [1.807, 2.05) is 25.1 Å². The Labute approximate surface area is 144 Å². The molecule has 130 valence electrons. The summed E-state index contributed by atoms with van der Waals surface area (Å²) in [5.41, 5.74) is 0.496. The zero-order valence-corrected chi connectivity index (χ0v) is 14.2. The van der Waals surface area contributed by atoms with Gasteiger partial charge in [0.1, 0.15) is 12.2 Å². The predicted molar refractivity (Wildman–Crippen MR) is 96.9 cm³/mol. The lowest BCUT2D eigenvalue weighted by molar-refractivity contribution is -0.116. The van der Waals surface area contributed by atoms with Crippen LogP contribution in [0.5, 0.6) is 0 Å². The van der Waals surface area contributed by atoms with Gasteiger partial charge in [0.05, 0.1) is 5.39 Å². The monoisotopic (exact) mass is 340 g/mol. The molecule has 0 bridgehead atoms. The zero-order valence-electron chi connectivity index (χ0n) is 14.2. The molecule has 0 unspecified atom stereocenters. The van der Waals surface area contributed by atoms with Crippen LogP contribution in [0.1, 0.15) is 13.8 Å². The zero-order chi connectivity index (χ0) is 18.0. The number of nitrogens with zero attached hydrogens (tertiary/aromatic N) is 3. The van der Waals surface area contributed by atoms with E-state index < -0.39 is 0 Å². The molecule has 1 amide bonds. The van der Waals surface area contributed by atoms with Gasteiger partial charge in [-0.15, -0.1) is 0 Å². The molecule has 0 aliphatic heterocycles. The maximum atomic E-state index is 12.5. The van der Waals surface area contributed by atoms with Crippen LogP contribution in [0.15, 0.2) is 52.2 Å². The number of carbonyl (C=O) groups is 1. The van der Waals surface area contributed by atoms with Crippen molar-refractivity contribution in [3.8, 4) is 0 Å². The van der Waals surface area contributed by atoms with E-state index in [1.54, 1.807) is 35.9 Å². The van der Waals surface area contributed by atoms with Gasteiger partial charge in [0.2, 0.25) is 5.91 Å². The largest absolute Gasteiger partial charge is 0.332 e. The minimum atomic E-state index is -0.356. The van der Waals surface area contributed by atoms with Gasteiger partial charge in [-0.2, -0.15) is 0 Å². The minimum absolute atomic E-state index is 0.0212. The second kappa shape index (κ2) is 6.80. The van der Waals surface area contributed by atoms with Crippen LogP contribution in [0.25, 0.3) is 11.0 Å². The van der Waals surface area contributed by atoms with Crippen molar-refractivity contribution < 1.29 is 4.79 Å². The summed E-state index contributed by atoms with van der Waals surface area (Å²) < 4.78 is 4.37. The van der Waals surface area contributed by atoms with Crippen molar-refractivity contribution in [2.75, 3.05) is 5.32 Å². The molecule has 3 aromatic rings. The first kappa shape index (κ1) is 16.8. The van der Waals surface area contributed by atoms with Crippen LogP contribution in [-0.4, -0.2) is 19.6 Å². The molecule has 25 heavy (non-hydrogen) atoms. The number of fused-ring (bicyclic) bond motifs is 1. The summed E-state index contributed by atoms with van der Waals surface area (Å²) in [4.78, 5) is 37.3. The summed E-state index contributed by atoms with van der Waals surface area (Å²) in [6.45, 7) is 4.35. The number of hydrogen-bond acceptors (Lipinski definition) is 3. The SMILES string of the molecule is CCn1c(=O)c2ccn(CC(=O)Nc3ccccc3)c2n(CC)c1=O. The van der Waals surface area contributed by atoms with E-state index >= 15 is 0 Å². The van der Waals surface area contributed by atoms with Gasteiger partial charge in [0, 0.05) is 25.0 Å². The van der Waals surface area contributed by atoms with Crippen LogP contribution in [0.2, 0.25) is 0 Å². The number of nitrogens with one attached hydrogen (secondary N) is 1. The van der Waals surface area contributed by atoms with Gasteiger partial charge in [-0.05, 0) is 32.0 Å². The van der Waals surface area contributed by atoms with Gasteiger partial charge in [0.15, 0.2) is 0 Å². The second-order valence-electron chi connectivity index (χ2n) is 5.67. The number of para-hydroxylation sites is 1. The van der Waals surface area contributed by atoms with Gasteiger partial charge in [-0.1, -0.05) is 18.2 Å². The molecule has 1 aromatic carbocycles. The van der Waals surface area contributed by atoms with Crippen LogP contribution >= 0.6 is 0 Å². The molecule has 1 N–H and O–H groups in total. The Morgan fingerprint density at radius 1 is 1.00 bits per heavy atom. The lowest BCUT2D eigenvalue weighted by Crippen LogP contribution is -2.39. The molecule has 0 aliphatic carbocycles. The van der Waals surface area contributed by atoms with Crippen molar-refractivity contribution in [2.24, 2.45) is 0 Å². The fourth-order valence-corrected chi connectivity index (χ4v) is 2.97. The lowest BCUT2D eigenvalue weighted by atomic mass is 10.3. The fraction of sp³-hybridized carbons (Fsp3) is 0.278. The Bertz CT molecular complexity index is 1030. The highest BCUT2D eigenvalue weighted by atomic mass is 16.2. The maximum absolute atomic E-state index is 12.5. The molecule has 0 saturated heterocycles. The predicted octanol–water partition coefficient (Wildman–Crippen LogP) is 1.64. The van der Waals surface area contributed by atoms with E-state index in [0.29, 0.717) is 29.8 Å². The summed E-state index contributed by atoms with van der Waals surface area (Å²) >= 11 is 0. The highest BCUT2D eigenvalue weighted by Gasteiger charge is 2.16. The van der Waals surface area contributed by atoms with Gasteiger partial charge in [-0.25, -0.2) is 4.79 Å². The molecule has 0 spiro atoms. The number of rotatable bonds is 5. The maximum Gasteiger partial charge on any atom is 0.332 e. The Morgan fingerprint density at radius 3 is 2.32 bits per heavy atom. The first-order valence-electron chi connectivity index (χ1n) is 8.24. The number of benzene rings is 1. The molecule has 2 aromatic heterocycles. The van der Waals surface area contributed by atoms with E-state index in [-0.39, 0.29) is 23.7 Å². The number of carbonyl (C=O) groups excluding carboxylic acids is 1. The Morgan fingerprint density at radius 2 is 1.68 bits per heavy atom. The number of aryl methyl sites for hydroxylation is 1. The average Bonchev–Trinajstić information content (AvgIpc) is 3.00. The Balaban J connectivity index is 2.02. The quantitative estimate of drug-likeness (QED) is 0.767. The third-order valence-corrected chi connectivity index (χ3v) is 4.13. The number of hydrogen-bond donors (Lipinski definition) is 1. The van der Waals surface area contributed by atoms with Gasteiger partial charge >= 0.3 is 5.69 Å². The van der Waals surface area contributed by atoms with Gasteiger partial charge < -0.3 is 9.88 Å². The smallest absolute Gasteiger partial charge is 0.325 e. The number of amides is 1. The number of anilines is 1. The van der Waals surface area contributed by atoms with Crippen molar-refractivity contribution >= 4 is 22.6 Å². The highest BCUT2D eigenvalue weighted by Crippen LogP contribution is 2.12. The van der Waals surface area contributed by atoms with Crippen LogP contribution < -0.4 is 16.6 Å². The molecule has 0 atom stereocenters. The minimum Gasteiger partial charge on any atom is -0.325 e. The van der Waals surface area contributed by atoms with E-state index in [1.165, 1.54) is 9.13 Å². The molecule has 0 radical (unpaired) electrons. The first-order chi connectivity index (χ1) is 12.1. The van der Waals surface area contributed by atoms with Gasteiger partial charge in [-0.3, -0.25) is 18.7 Å². The average molecular weight is 340 g/mol. The van der Waals surface area contributed by atoms with Crippen LogP contribution in [0.3, 0.4) is 0 Å². The van der Waals surface area contributed by atoms with Crippen LogP contribution in [-0.2, 0) is 24.4 Å². The lowest BCUT2D eigenvalue weighted by Gasteiger charge is -2.13. The van der Waals surface area contributed by atoms with Crippen LogP contribution in [0, 0.1) is 0 Å². The molecule has 0 aliphatic rings. The first-order valence-corrected chi connectivity index (χ1v) is 8.24. The topological polar surface area (TPSA) is 78.0 Å². The van der Waals surface area contributed by atoms with Crippen molar-refractivity contribution in [2.45, 2.75) is 33.5 Å². The molecular formula is C18H20N4O3. The molecule has 0 saturated carbocycles. The van der Waals surface area contributed by atoms with Crippen molar-refractivity contribution in [3.63, 3.8) is 0 Å². The van der Waals surface area contributed by atoms with Crippen molar-refractivity contribution in [1.29, 1.82) is 0 Å². The number of aromatic nitrogens is 3. The molecule has 2 heterocycles. The van der Waals surface area contributed by atoms with Gasteiger partial charge in [0.25, 0.3) is 5.56 Å². The Kier molecular flexibility index (Phi) is 4.56. The van der Waals surface area contributed by atoms with E-state index in [4.69, 9.17) is 0 Å². The summed E-state index contributed by atoms with van der Waals surface area (Å²) in [6, 6.07) is 10.8. The molecule has 7 heteroatoms. The van der Waals surface area contributed by atoms with E-state index in [9.17, 15) is 14.4 Å². The third-order valence-electron chi connectivity index (χ3n) is 4.13. The second-order valence-corrected chi connectivity index (χ2v) is 5.67. The molecule has 0 fully saturated rings.